The van der Waals surface area contributed by atoms with Crippen molar-refractivity contribution in [3.8, 4) is 0 Å². The summed E-state index contributed by atoms with van der Waals surface area (Å²) in [6, 6.07) is 0. The van der Waals surface area contributed by atoms with E-state index < -0.39 is 5.66 Å². The molecular formula is C7H12N2O2. The number of nitrogens with one attached hydrogen (secondary N) is 1. The molecule has 0 heterocycles. The molecule has 11 heavy (non-hydrogen) atoms. The van der Waals surface area contributed by atoms with Gasteiger partial charge in [0, 0.05) is 21.0 Å². The van der Waals surface area contributed by atoms with Gasteiger partial charge in [-0.3, -0.25) is 15.0 Å². The molecule has 0 radical (unpaired) electrons. The first-order valence-electron chi connectivity index (χ1n) is 3.20. The van der Waals surface area contributed by atoms with Crippen molar-refractivity contribution in [3.63, 3.8) is 0 Å². The van der Waals surface area contributed by atoms with E-state index in [2.05, 4.69) is 10.2 Å². The summed E-state index contributed by atoms with van der Waals surface area (Å²) >= 11 is 0. The molecule has 1 atom stereocenters. The van der Waals surface area contributed by atoms with E-state index in [4.69, 9.17) is 11.3 Å². The Kier molecular flexibility index (Phi) is 3.55. The highest BCUT2D eigenvalue weighted by atomic mass is 16.5. The average molecular weight is 156 g/mol. The van der Waals surface area contributed by atoms with Crippen molar-refractivity contribution >= 4 is 5.91 Å². The fourth-order valence-corrected chi connectivity index (χ4v) is 0.757. The summed E-state index contributed by atoms with van der Waals surface area (Å²) in [5.41, 5.74) is -0.916. The molecule has 1 amide bonds. The first-order valence-corrected chi connectivity index (χ1v) is 3.20. The van der Waals surface area contributed by atoms with Crippen molar-refractivity contribution in [3.05, 3.63) is 11.4 Å². The lowest BCUT2D eigenvalue weighted by Crippen LogP contribution is -2.45. The Morgan fingerprint density at radius 2 is 2.36 bits per heavy atom. The number of carbonyl (C=O) groups is 1. The Labute approximate surface area is 66.4 Å². The average Bonchev–Trinajstić information content (AvgIpc) is 1.87. The van der Waals surface area contributed by atoms with E-state index in [0.29, 0.717) is 0 Å². The largest absolute Gasteiger partial charge is 0.374 e. The first kappa shape index (κ1) is 9.92. The van der Waals surface area contributed by atoms with E-state index in [-0.39, 0.29) is 12.5 Å². The van der Waals surface area contributed by atoms with Crippen LogP contribution in [0.3, 0.4) is 0 Å². The normalized spacial score (nSPS) is 14.7. The molecule has 1 N–H and O–H groups in total. The number of nitrogens with zero attached hydrogens (tertiary/aromatic N) is 1. The fourth-order valence-electron chi connectivity index (χ4n) is 0.757. The Balaban J connectivity index is 4.13. The Bertz CT molecular complexity index is 185. The lowest BCUT2D eigenvalue weighted by atomic mass is 10.2. The highest BCUT2D eigenvalue weighted by Gasteiger charge is 2.30. The first-order chi connectivity index (χ1) is 5.04. The van der Waals surface area contributed by atoms with Crippen LogP contribution in [-0.2, 0) is 9.53 Å². The van der Waals surface area contributed by atoms with Gasteiger partial charge in [0.2, 0.25) is 5.91 Å². The summed E-state index contributed by atoms with van der Waals surface area (Å²) in [6.07, 6.45) is 0. The molecule has 0 aromatic carbocycles. The predicted octanol–water partition coefficient (Wildman–Crippen LogP) is 0.404. The summed E-state index contributed by atoms with van der Waals surface area (Å²) in [6.45, 7) is 9.98. The maximum atomic E-state index is 10.6. The summed E-state index contributed by atoms with van der Waals surface area (Å²) in [7, 11) is 1.49. The second-order valence-corrected chi connectivity index (χ2v) is 2.50. The Morgan fingerprint density at radius 1 is 1.82 bits per heavy atom. The number of amides is 1. The molecule has 0 aromatic rings. The summed E-state index contributed by atoms with van der Waals surface area (Å²) < 4.78 is 4.77. The van der Waals surface area contributed by atoms with Crippen LogP contribution in [0.4, 0.5) is 0 Å². The molecule has 0 aliphatic carbocycles. The van der Waals surface area contributed by atoms with Gasteiger partial charge < -0.3 is 4.74 Å². The molecule has 0 spiro atoms. The van der Waals surface area contributed by atoms with Crippen LogP contribution in [0.25, 0.3) is 4.85 Å². The van der Waals surface area contributed by atoms with E-state index in [0.717, 1.165) is 0 Å². The molecule has 62 valence electrons. The van der Waals surface area contributed by atoms with E-state index in [1.807, 2.05) is 0 Å². The zero-order valence-electron chi connectivity index (χ0n) is 6.97. The highest BCUT2D eigenvalue weighted by molar-refractivity contribution is 5.74. The molecule has 0 rings (SSSR count). The molecule has 0 bridgehead atoms. The third-order valence-electron chi connectivity index (χ3n) is 1.12. The zero-order chi connectivity index (χ0) is 8.91. The van der Waals surface area contributed by atoms with Gasteiger partial charge in [-0.2, -0.15) is 0 Å². The number of methoxy groups -OCH3 is 1. The standard InChI is InChI=1S/C7H12N2O2/c1-6(10)9-7(2,8-3)5-11-4/h5H2,1-2,4H3,(H,9,10). The number of carbonyl (C=O) groups excluding carboxylic acids is 1. The topological polar surface area (TPSA) is 42.7 Å². The van der Waals surface area contributed by atoms with Crippen LogP contribution in [0.15, 0.2) is 0 Å². The van der Waals surface area contributed by atoms with Gasteiger partial charge in [0.05, 0.1) is 0 Å². The monoisotopic (exact) mass is 156 g/mol. The lowest BCUT2D eigenvalue weighted by molar-refractivity contribution is -0.120. The number of hydrogen-bond donors (Lipinski definition) is 1. The van der Waals surface area contributed by atoms with Gasteiger partial charge in [-0.25, -0.2) is 6.57 Å². The minimum atomic E-state index is -0.916. The van der Waals surface area contributed by atoms with Crippen molar-refractivity contribution in [2.75, 3.05) is 13.7 Å². The zero-order valence-corrected chi connectivity index (χ0v) is 6.97. The van der Waals surface area contributed by atoms with Gasteiger partial charge in [0.1, 0.15) is 6.61 Å². The molecule has 1 unspecified atom stereocenters. The van der Waals surface area contributed by atoms with Crippen molar-refractivity contribution in [1.82, 2.24) is 5.32 Å². The molecule has 4 heteroatoms. The molecule has 0 aliphatic heterocycles. The second-order valence-electron chi connectivity index (χ2n) is 2.50. The third-order valence-corrected chi connectivity index (χ3v) is 1.12. The molecule has 0 saturated carbocycles. The van der Waals surface area contributed by atoms with Crippen molar-refractivity contribution in [2.24, 2.45) is 0 Å². The lowest BCUT2D eigenvalue weighted by Gasteiger charge is -2.15. The van der Waals surface area contributed by atoms with Crippen LogP contribution in [-0.4, -0.2) is 25.3 Å². The number of rotatable bonds is 3. The Morgan fingerprint density at radius 3 is 2.64 bits per heavy atom. The van der Waals surface area contributed by atoms with Gasteiger partial charge >= 0.3 is 5.66 Å². The highest BCUT2D eigenvalue weighted by Crippen LogP contribution is 2.04. The fraction of sp³-hybridized carbons (Fsp3) is 0.714. The third kappa shape index (κ3) is 3.58. The quantitative estimate of drug-likeness (QED) is 0.601. The molecule has 0 aliphatic rings. The van der Waals surface area contributed by atoms with Crippen LogP contribution in [0.2, 0.25) is 0 Å². The minimum Gasteiger partial charge on any atom is -0.374 e. The SMILES string of the molecule is [C-]#[N+]C(C)(COC)NC(C)=O. The molecular weight excluding hydrogens is 144 g/mol. The maximum absolute atomic E-state index is 10.6. The van der Waals surface area contributed by atoms with E-state index in [1.54, 1.807) is 6.92 Å². The van der Waals surface area contributed by atoms with Crippen LogP contribution in [0.5, 0.6) is 0 Å². The van der Waals surface area contributed by atoms with Crippen LogP contribution in [0.1, 0.15) is 13.8 Å². The molecule has 0 saturated heterocycles. The second kappa shape index (κ2) is 3.94. The number of ether oxygens (including phenoxy) is 1. The van der Waals surface area contributed by atoms with Crippen LogP contribution < -0.4 is 5.32 Å². The minimum absolute atomic E-state index is 0.204. The smallest absolute Gasteiger partial charge is 0.327 e. The van der Waals surface area contributed by atoms with E-state index >= 15 is 0 Å². The number of hydrogen-bond acceptors (Lipinski definition) is 2. The van der Waals surface area contributed by atoms with Crippen molar-refractivity contribution < 1.29 is 9.53 Å². The summed E-state index contributed by atoms with van der Waals surface area (Å²) in [5.74, 6) is -0.222. The van der Waals surface area contributed by atoms with Gasteiger partial charge in [-0.1, -0.05) is 0 Å². The predicted molar refractivity (Wildman–Crippen MR) is 40.7 cm³/mol. The van der Waals surface area contributed by atoms with Gasteiger partial charge in [-0.15, -0.1) is 0 Å². The molecule has 4 nitrogen and oxygen atoms in total. The van der Waals surface area contributed by atoms with Gasteiger partial charge in [-0.05, 0) is 0 Å². The Hall–Kier alpha value is -1.08. The summed E-state index contributed by atoms with van der Waals surface area (Å²) in [5, 5.41) is 2.49. The molecule has 0 fully saturated rings. The summed E-state index contributed by atoms with van der Waals surface area (Å²) in [4.78, 5) is 13.8. The molecule has 0 aromatic heterocycles. The van der Waals surface area contributed by atoms with Crippen molar-refractivity contribution in [1.29, 1.82) is 0 Å². The van der Waals surface area contributed by atoms with Gasteiger partial charge in [0.15, 0.2) is 0 Å². The van der Waals surface area contributed by atoms with Gasteiger partial charge in [0.25, 0.3) is 0 Å². The van der Waals surface area contributed by atoms with E-state index in [1.165, 1.54) is 14.0 Å². The van der Waals surface area contributed by atoms with Crippen molar-refractivity contribution in [2.45, 2.75) is 19.5 Å². The van der Waals surface area contributed by atoms with Crippen LogP contribution >= 0.6 is 0 Å². The van der Waals surface area contributed by atoms with Crippen LogP contribution in [0, 0.1) is 6.57 Å². The van der Waals surface area contributed by atoms with E-state index in [9.17, 15) is 4.79 Å². The maximum Gasteiger partial charge on any atom is 0.327 e.